The van der Waals surface area contributed by atoms with Gasteiger partial charge in [0.05, 0.1) is 0 Å². The summed E-state index contributed by atoms with van der Waals surface area (Å²) in [5.74, 6) is 0. The lowest BCUT2D eigenvalue weighted by atomic mass is 10.2. The van der Waals surface area contributed by atoms with Crippen LogP contribution in [0.3, 0.4) is 0 Å². The molecule has 0 N–H and O–H groups in total. The Morgan fingerprint density at radius 1 is 1.30 bits per heavy atom. The van der Waals surface area contributed by atoms with Crippen LogP contribution in [0.2, 0.25) is 6.04 Å². The molecular formula is C7H14Cl2Si. The molecule has 60 valence electrons. The van der Waals surface area contributed by atoms with E-state index in [9.17, 15) is 0 Å². The minimum Gasteiger partial charge on any atom is -0.150 e. The summed E-state index contributed by atoms with van der Waals surface area (Å²) < 4.78 is 0. The topological polar surface area (TPSA) is 0 Å². The summed E-state index contributed by atoms with van der Waals surface area (Å²) in [7, 11) is -1.30. The number of unbranched alkanes of at least 4 members (excludes halogenated alkanes) is 2. The van der Waals surface area contributed by atoms with Crippen molar-refractivity contribution in [3.8, 4) is 0 Å². The van der Waals surface area contributed by atoms with Gasteiger partial charge in [-0.1, -0.05) is 25.0 Å². The highest BCUT2D eigenvalue weighted by Crippen LogP contribution is 2.09. The lowest BCUT2D eigenvalue weighted by Gasteiger charge is -1.95. The van der Waals surface area contributed by atoms with Crippen molar-refractivity contribution in [2.45, 2.75) is 32.2 Å². The first-order valence-corrected chi connectivity index (χ1v) is 7.97. The molecular weight excluding hydrogens is 183 g/mol. The maximum Gasteiger partial charge on any atom is 0.237 e. The fourth-order valence-electron chi connectivity index (χ4n) is 0.727. The van der Waals surface area contributed by atoms with Crippen LogP contribution in [0.4, 0.5) is 0 Å². The third-order valence-electron chi connectivity index (χ3n) is 1.28. The van der Waals surface area contributed by atoms with E-state index in [0.29, 0.717) is 0 Å². The molecule has 3 heteroatoms. The van der Waals surface area contributed by atoms with E-state index in [1.165, 1.54) is 19.3 Å². The molecule has 0 saturated heterocycles. The maximum atomic E-state index is 5.68. The molecule has 0 atom stereocenters. The highest BCUT2D eigenvalue weighted by Gasteiger charge is 1.99. The Morgan fingerprint density at radius 2 is 2.00 bits per heavy atom. The first-order valence-electron chi connectivity index (χ1n) is 3.66. The number of hydrogen-bond donors (Lipinski definition) is 0. The second-order valence-electron chi connectivity index (χ2n) is 2.24. The first kappa shape index (κ1) is 10.5. The van der Waals surface area contributed by atoms with E-state index in [0.717, 1.165) is 6.04 Å². The van der Waals surface area contributed by atoms with Crippen LogP contribution in [0.5, 0.6) is 0 Å². The van der Waals surface area contributed by atoms with Gasteiger partial charge in [-0.2, -0.15) is 22.2 Å². The van der Waals surface area contributed by atoms with E-state index in [1.807, 2.05) is 6.92 Å². The van der Waals surface area contributed by atoms with Gasteiger partial charge in [0, 0.05) is 0 Å². The van der Waals surface area contributed by atoms with Gasteiger partial charge in [-0.05, 0) is 19.4 Å². The molecule has 0 saturated carbocycles. The zero-order valence-electron chi connectivity index (χ0n) is 6.32. The van der Waals surface area contributed by atoms with Gasteiger partial charge in [0.1, 0.15) is 0 Å². The molecule has 0 rings (SSSR count). The Balaban J connectivity index is 2.91. The third kappa shape index (κ3) is 8.54. The van der Waals surface area contributed by atoms with E-state index in [4.69, 9.17) is 22.2 Å². The minimum absolute atomic E-state index is 1.06. The Morgan fingerprint density at radius 3 is 2.50 bits per heavy atom. The second kappa shape index (κ2) is 7.64. The third-order valence-corrected chi connectivity index (χ3v) is 3.43. The number of allylic oxidation sites excluding steroid dienone is 2. The minimum atomic E-state index is -1.30. The lowest BCUT2D eigenvalue weighted by Crippen LogP contribution is -1.90. The molecule has 0 bridgehead atoms. The summed E-state index contributed by atoms with van der Waals surface area (Å²) >= 11 is 11.4. The summed E-state index contributed by atoms with van der Waals surface area (Å²) in [6, 6.07) is 1.06. The van der Waals surface area contributed by atoms with E-state index >= 15 is 0 Å². The maximum absolute atomic E-state index is 5.68. The SMILES string of the molecule is CC=CCCCC[SiH](Cl)Cl. The lowest BCUT2D eigenvalue weighted by molar-refractivity contribution is 0.811. The highest BCUT2D eigenvalue weighted by molar-refractivity contribution is 7.33. The van der Waals surface area contributed by atoms with Crippen molar-refractivity contribution < 1.29 is 0 Å². The van der Waals surface area contributed by atoms with Crippen LogP contribution in [-0.2, 0) is 0 Å². The normalized spacial score (nSPS) is 11.6. The molecule has 0 amide bonds. The van der Waals surface area contributed by atoms with Crippen LogP contribution < -0.4 is 0 Å². The second-order valence-corrected chi connectivity index (χ2v) is 7.44. The Hall–Kier alpha value is 0.537. The average Bonchev–Trinajstić information content (AvgIpc) is 1.87. The summed E-state index contributed by atoms with van der Waals surface area (Å²) in [5, 5.41) is 0. The quantitative estimate of drug-likeness (QED) is 0.274. The van der Waals surface area contributed by atoms with Crippen LogP contribution in [-0.4, -0.2) is 7.42 Å². The van der Waals surface area contributed by atoms with E-state index in [2.05, 4.69) is 12.2 Å². The molecule has 0 aliphatic heterocycles. The predicted molar refractivity (Wildman–Crippen MR) is 52.3 cm³/mol. The van der Waals surface area contributed by atoms with Gasteiger partial charge in [0.15, 0.2) is 0 Å². The zero-order chi connectivity index (χ0) is 7.82. The molecule has 0 aromatic rings. The molecule has 0 nitrogen and oxygen atoms in total. The largest absolute Gasteiger partial charge is 0.237 e. The van der Waals surface area contributed by atoms with Crippen molar-refractivity contribution >= 4 is 29.6 Å². The van der Waals surface area contributed by atoms with E-state index in [-0.39, 0.29) is 0 Å². The molecule has 0 heterocycles. The van der Waals surface area contributed by atoms with Crippen molar-refractivity contribution in [1.29, 1.82) is 0 Å². The highest BCUT2D eigenvalue weighted by atomic mass is 35.7. The number of hydrogen-bond acceptors (Lipinski definition) is 0. The van der Waals surface area contributed by atoms with Crippen LogP contribution >= 0.6 is 22.2 Å². The first-order chi connectivity index (χ1) is 4.77. The van der Waals surface area contributed by atoms with Gasteiger partial charge < -0.3 is 0 Å². The molecule has 0 radical (unpaired) electrons. The molecule has 0 fully saturated rings. The van der Waals surface area contributed by atoms with Crippen LogP contribution in [0.25, 0.3) is 0 Å². The van der Waals surface area contributed by atoms with Gasteiger partial charge in [0.25, 0.3) is 0 Å². The van der Waals surface area contributed by atoms with Gasteiger partial charge >= 0.3 is 0 Å². The van der Waals surface area contributed by atoms with Gasteiger partial charge in [0.2, 0.25) is 7.42 Å². The summed E-state index contributed by atoms with van der Waals surface area (Å²) in [6.45, 7) is 2.04. The van der Waals surface area contributed by atoms with Crippen molar-refractivity contribution in [2.75, 3.05) is 0 Å². The molecule has 0 aliphatic rings. The average molecular weight is 197 g/mol. The van der Waals surface area contributed by atoms with Crippen LogP contribution in [0, 0.1) is 0 Å². The molecule has 10 heavy (non-hydrogen) atoms. The van der Waals surface area contributed by atoms with Crippen molar-refractivity contribution in [1.82, 2.24) is 0 Å². The van der Waals surface area contributed by atoms with Crippen molar-refractivity contribution in [3.05, 3.63) is 12.2 Å². The number of rotatable bonds is 5. The van der Waals surface area contributed by atoms with E-state index in [1.54, 1.807) is 0 Å². The van der Waals surface area contributed by atoms with Gasteiger partial charge in [-0.25, -0.2) is 0 Å². The Labute approximate surface area is 74.2 Å². The fraction of sp³-hybridized carbons (Fsp3) is 0.714. The molecule has 0 unspecified atom stereocenters. The fourth-order valence-corrected chi connectivity index (χ4v) is 2.25. The smallest absolute Gasteiger partial charge is 0.150 e. The van der Waals surface area contributed by atoms with Gasteiger partial charge in [-0.15, -0.1) is 0 Å². The van der Waals surface area contributed by atoms with E-state index < -0.39 is 7.42 Å². The summed E-state index contributed by atoms with van der Waals surface area (Å²) in [5.41, 5.74) is 0. The zero-order valence-corrected chi connectivity index (χ0v) is 8.98. The molecule has 0 aromatic carbocycles. The van der Waals surface area contributed by atoms with Crippen LogP contribution in [0.15, 0.2) is 12.2 Å². The van der Waals surface area contributed by atoms with Crippen molar-refractivity contribution in [3.63, 3.8) is 0 Å². The molecule has 0 spiro atoms. The summed E-state index contributed by atoms with van der Waals surface area (Å²) in [6.07, 6.45) is 7.85. The molecule has 0 aromatic heterocycles. The number of halogens is 2. The summed E-state index contributed by atoms with van der Waals surface area (Å²) in [4.78, 5) is 0. The van der Waals surface area contributed by atoms with Crippen LogP contribution in [0.1, 0.15) is 26.2 Å². The molecule has 0 aliphatic carbocycles. The Bertz CT molecular complexity index is 91.6. The predicted octanol–water partition coefficient (Wildman–Crippen LogP) is 3.43. The Kier molecular flexibility index (Phi) is 8.05. The van der Waals surface area contributed by atoms with Crippen molar-refractivity contribution in [2.24, 2.45) is 0 Å². The van der Waals surface area contributed by atoms with Gasteiger partial charge in [-0.3, -0.25) is 0 Å². The monoisotopic (exact) mass is 196 g/mol. The standard InChI is InChI=1S/C7H14Cl2Si/c1-2-3-4-5-6-7-10(8)9/h2-3,10H,4-7H2,1H3.